The van der Waals surface area contributed by atoms with Crippen molar-refractivity contribution in [1.82, 2.24) is 10.3 Å². The van der Waals surface area contributed by atoms with Crippen molar-refractivity contribution in [3.8, 4) is 0 Å². The third kappa shape index (κ3) is 2.88. The Morgan fingerprint density at radius 2 is 2.16 bits per heavy atom. The molecule has 0 amide bonds. The lowest BCUT2D eigenvalue weighted by atomic mass is 10.0. The van der Waals surface area contributed by atoms with Crippen LogP contribution in [0.1, 0.15) is 28.6 Å². The van der Waals surface area contributed by atoms with Crippen LogP contribution in [0.3, 0.4) is 0 Å². The molecule has 1 aromatic carbocycles. The van der Waals surface area contributed by atoms with E-state index in [-0.39, 0.29) is 0 Å². The average Bonchev–Trinajstić information content (AvgIpc) is 3.13. The normalized spacial score (nSPS) is 23.3. The molecule has 2 aromatic rings. The quantitative estimate of drug-likeness (QED) is 0.902. The highest BCUT2D eigenvalue weighted by Crippen LogP contribution is 2.49. The van der Waals surface area contributed by atoms with Crippen LogP contribution in [-0.4, -0.2) is 18.1 Å². The fraction of sp³-hybridized carbons (Fsp3) is 0.438. The van der Waals surface area contributed by atoms with Crippen LogP contribution in [0.5, 0.6) is 0 Å². The smallest absolute Gasteiger partial charge is 0.0897 e. The van der Waals surface area contributed by atoms with Crippen LogP contribution in [0, 0.1) is 12.8 Å². The first-order valence-electron chi connectivity index (χ1n) is 6.91. The summed E-state index contributed by atoms with van der Waals surface area (Å²) in [5.41, 5.74) is 2.72. The molecule has 0 aliphatic heterocycles. The zero-order valence-electron chi connectivity index (χ0n) is 11.5. The van der Waals surface area contributed by atoms with Gasteiger partial charge in [0.1, 0.15) is 0 Å². The predicted molar refractivity (Wildman–Crippen MR) is 80.7 cm³/mol. The molecular weight excluding hydrogens is 252 g/mol. The number of aryl methyl sites for hydroxylation is 1. The molecule has 0 spiro atoms. The van der Waals surface area contributed by atoms with E-state index in [9.17, 15) is 0 Å². The number of hydrogen-bond donors (Lipinski definition) is 1. The fourth-order valence-corrected chi connectivity index (χ4v) is 3.56. The number of aromatic nitrogens is 1. The highest BCUT2D eigenvalue weighted by Gasteiger charge is 2.43. The molecule has 0 saturated heterocycles. The van der Waals surface area contributed by atoms with Crippen molar-refractivity contribution in [2.24, 2.45) is 5.92 Å². The summed E-state index contributed by atoms with van der Waals surface area (Å²) < 4.78 is 0. The van der Waals surface area contributed by atoms with E-state index >= 15 is 0 Å². The molecular formula is C16H20N2S. The molecule has 1 saturated carbocycles. The van der Waals surface area contributed by atoms with Gasteiger partial charge in [0.25, 0.3) is 0 Å². The summed E-state index contributed by atoms with van der Waals surface area (Å²) in [5.74, 6) is 1.49. The van der Waals surface area contributed by atoms with Crippen LogP contribution in [0.15, 0.2) is 35.7 Å². The third-order valence-corrected chi connectivity index (χ3v) is 4.87. The largest absolute Gasteiger partial charge is 0.316 e. The first-order valence-corrected chi connectivity index (χ1v) is 7.79. The van der Waals surface area contributed by atoms with E-state index in [2.05, 4.69) is 60.0 Å². The molecule has 1 aliphatic rings. The Balaban J connectivity index is 1.65. The third-order valence-electron chi connectivity index (χ3n) is 4.05. The SMILES string of the molecule is CNC(Cc1csc(C)n1)C1CC1c1ccccc1. The topological polar surface area (TPSA) is 24.9 Å². The molecule has 3 heteroatoms. The Kier molecular flexibility index (Phi) is 3.67. The monoisotopic (exact) mass is 272 g/mol. The summed E-state index contributed by atoms with van der Waals surface area (Å²) in [5, 5.41) is 6.85. The molecule has 1 aliphatic carbocycles. The highest BCUT2D eigenvalue weighted by molar-refractivity contribution is 7.09. The van der Waals surface area contributed by atoms with Gasteiger partial charge in [-0.3, -0.25) is 0 Å². The number of hydrogen-bond acceptors (Lipinski definition) is 3. The number of nitrogens with zero attached hydrogens (tertiary/aromatic N) is 1. The lowest BCUT2D eigenvalue weighted by Crippen LogP contribution is -2.30. The summed E-state index contributed by atoms with van der Waals surface area (Å²) in [7, 11) is 2.07. The lowest BCUT2D eigenvalue weighted by Gasteiger charge is -2.15. The molecule has 1 aromatic heterocycles. The van der Waals surface area contributed by atoms with E-state index in [1.165, 1.54) is 22.7 Å². The van der Waals surface area contributed by atoms with Crippen LogP contribution in [0.25, 0.3) is 0 Å². The molecule has 3 unspecified atom stereocenters. The molecule has 19 heavy (non-hydrogen) atoms. The van der Waals surface area contributed by atoms with Gasteiger partial charge in [-0.25, -0.2) is 4.98 Å². The van der Waals surface area contributed by atoms with Gasteiger partial charge >= 0.3 is 0 Å². The van der Waals surface area contributed by atoms with Gasteiger partial charge < -0.3 is 5.32 Å². The van der Waals surface area contributed by atoms with Gasteiger partial charge in [0, 0.05) is 17.8 Å². The second-order valence-electron chi connectivity index (χ2n) is 5.37. The summed E-state index contributed by atoms with van der Waals surface area (Å²) in [4.78, 5) is 4.58. The Morgan fingerprint density at radius 1 is 1.37 bits per heavy atom. The minimum Gasteiger partial charge on any atom is -0.316 e. The van der Waals surface area contributed by atoms with Crippen molar-refractivity contribution < 1.29 is 0 Å². The Morgan fingerprint density at radius 3 is 2.79 bits per heavy atom. The van der Waals surface area contributed by atoms with E-state index in [0.717, 1.165) is 18.3 Å². The molecule has 100 valence electrons. The summed E-state index contributed by atoms with van der Waals surface area (Å²) in [6, 6.07) is 11.4. The molecule has 0 bridgehead atoms. The molecule has 3 atom stereocenters. The van der Waals surface area contributed by atoms with Crippen molar-refractivity contribution in [2.75, 3.05) is 7.05 Å². The molecule has 1 fully saturated rings. The van der Waals surface area contributed by atoms with E-state index in [4.69, 9.17) is 0 Å². The fourth-order valence-electron chi connectivity index (χ4n) is 2.94. The van der Waals surface area contributed by atoms with Gasteiger partial charge in [0.15, 0.2) is 0 Å². The van der Waals surface area contributed by atoms with Gasteiger partial charge in [-0.1, -0.05) is 30.3 Å². The zero-order chi connectivity index (χ0) is 13.2. The number of benzene rings is 1. The summed E-state index contributed by atoms with van der Waals surface area (Å²) in [6.45, 7) is 2.08. The summed E-state index contributed by atoms with van der Waals surface area (Å²) in [6.07, 6.45) is 2.35. The number of thiazole rings is 1. The van der Waals surface area contributed by atoms with Gasteiger partial charge in [-0.05, 0) is 37.8 Å². The van der Waals surface area contributed by atoms with Crippen LogP contribution in [0.4, 0.5) is 0 Å². The van der Waals surface area contributed by atoms with Crippen LogP contribution in [-0.2, 0) is 6.42 Å². The summed E-state index contributed by atoms with van der Waals surface area (Å²) >= 11 is 1.75. The van der Waals surface area contributed by atoms with Crippen molar-refractivity contribution in [3.05, 3.63) is 52.0 Å². The van der Waals surface area contributed by atoms with Gasteiger partial charge in [-0.2, -0.15) is 0 Å². The maximum atomic E-state index is 4.58. The number of nitrogens with one attached hydrogen (secondary N) is 1. The standard InChI is InChI=1S/C16H20N2S/c1-11-18-13(10-19-11)8-16(17-2)15-9-14(15)12-6-4-3-5-7-12/h3-7,10,14-17H,8-9H2,1-2H3. The zero-order valence-corrected chi connectivity index (χ0v) is 12.3. The molecule has 1 N–H and O–H groups in total. The predicted octanol–water partition coefficient (Wildman–Crippen LogP) is 3.39. The Hall–Kier alpha value is -1.19. The minimum absolute atomic E-state index is 0.548. The first-order chi connectivity index (χ1) is 9.28. The molecule has 2 nitrogen and oxygen atoms in total. The number of likely N-dealkylation sites (N-methyl/N-ethyl adjacent to an activating group) is 1. The number of rotatable bonds is 5. The van der Waals surface area contributed by atoms with E-state index in [1.54, 1.807) is 11.3 Å². The van der Waals surface area contributed by atoms with E-state index in [1.807, 2.05) is 0 Å². The van der Waals surface area contributed by atoms with E-state index in [0.29, 0.717) is 6.04 Å². The van der Waals surface area contributed by atoms with Crippen molar-refractivity contribution in [1.29, 1.82) is 0 Å². The maximum absolute atomic E-state index is 4.58. The molecule has 1 heterocycles. The minimum atomic E-state index is 0.548. The van der Waals surface area contributed by atoms with Crippen LogP contribution >= 0.6 is 11.3 Å². The second kappa shape index (κ2) is 5.43. The van der Waals surface area contributed by atoms with E-state index < -0.39 is 0 Å². The molecule has 3 rings (SSSR count). The van der Waals surface area contributed by atoms with Crippen LogP contribution < -0.4 is 5.32 Å². The first kappa shape index (κ1) is 12.8. The lowest BCUT2D eigenvalue weighted by molar-refractivity contribution is 0.487. The molecule has 0 radical (unpaired) electrons. The van der Waals surface area contributed by atoms with Crippen molar-refractivity contribution in [3.63, 3.8) is 0 Å². The van der Waals surface area contributed by atoms with Gasteiger partial charge in [0.05, 0.1) is 10.7 Å². The average molecular weight is 272 g/mol. The van der Waals surface area contributed by atoms with Gasteiger partial charge in [0.2, 0.25) is 0 Å². The Labute approximate surface area is 118 Å². The highest BCUT2D eigenvalue weighted by atomic mass is 32.1. The van der Waals surface area contributed by atoms with Crippen molar-refractivity contribution in [2.45, 2.75) is 31.7 Å². The Bertz CT molecular complexity index is 535. The van der Waals surface area contributed by atoms with Crippen molar-refractivity contribution >= 4 is 11.3 Å². The second-order valence-corrected chi connectivity index (χ2v) is 6.44. The van der Waals surface area contributed by atoms with Gasteiger partial charge in [-0.15, -0.1) is 11.3 Å². The van der Waals surface area contributed by atoms with Crippen LogP contribution in [0.2, 0.25) is 0 Å². The maximum Gasteiger partial charge on any atom is 0.0897 e.